The number of halogens is 1. The number of hydrogen-bond donors (Lipinski definition) is 1. The van der Waals surface area contributed by atoms with Crippen LogP contribution in [-0.2, 0) is 0 Å². The van der Waals surface area contributed by atoms with E-state index < -0.39 is 6.10 Å². The summed E-state index contributed by atoms with van der Waals surface area (Å²) in [6.07, 6.45) is 4.10. The summed E-state index contributed by atoms with van der Waals surface area (Å²) >= 11 is 3.41. The van der Waals surface area contributed by atoms with Gasteiger partial charge in [-0.1, -0.05) is 12.1 Å². The normalized spacial score (nSPS) is 12.2. The van der Waals surface area contributed by atoms with Gasteiger partial charge < -0.3 is 9.84 Å². The number of allylic oxidation sites excluding steroid dienone is 1. The second-order valence-corrected chi connectivity index (χ2v) is 4.48. The number of rotatable bonds is 6. The molecule has 16 heavy (non-hydrogen) atoms. The predicted octanol–water partition coefficient (Wildman–Crippen LogP) is 3.85. The van der Waals surface area contributed by atoms with E-state index in [0.29, 0.717) is 0 Å². The van der Waals surface area contributed by atoms with Crippen LogP contribution in [0.15, 0.2) is 35.3 Å². The lowest BCUT2D eigenvalue weighted by Crippen LogP contribution is -1.97. The fraction of sp³-hybridized carbons (Fsp3) is 0.385. The molecule has 2 nitrogen and oxygen atoms in total. The molecule has 88 valence electrons. The highest BCUT2D eigenvalue weighted by molar-refractivity contribution is 9.10. The van der Waals surface area contributed by atoms with Gasteiger partial charge in [-0.3, -0.25) is 0 Å². The van der Waals surface area contributed by atoms with Crippen molar-refractivity contribution < 1.29 is 9.84 Å². The van der Waals surface area contributed by atoms with Gasteiger partial charge in [0.15, 0.2) is 0 Å². The largest absolute Gasteiger partial charge is 0.496 e. The molecule has 0 saturated carbocycles. The first-order valence-electron chi connectivity index (χ1n) is 5.31. The summed E-state index contributed by atoms with van der Waals surface area (Å²) < 4.78 is 6.01. The minimum absolute atomic E-state index is 0.415. The lowest BCUT2D eigenvalue weighted by Gasteiger charge is -2.12. The van der Waals surface area contributed by atoms with Gasteiger partial charge in [-0.15, -0.1) is 6.58 Å². The summed E-state index contributed by atoms with van der Waals surface area (Å²) in [6, 6.07) is 5.65. The summed E-state index contributed by atoms with van der Waals surface area (Å²) in [4.78, 5) is 0. The Bertz CT molecular complexity index is 350. The first-order valence-corrected chi connectivity index (χ1v) is 6.10. The predicted molar refractivity (Wildman–Crippen MR) is 69.7 cm³/mol. The average Bonchev–Trinajstić information content (AvgIpc) is 2.29. The quantitative estimate of drug-likeness (QED) is 0.635. The number of aliphatic hydroxyl groups is 1. The molecule has 1 aromatic carbocycles. The lowest BCUT2D eigenvalue weighted by atomic mass is 10.0. The van der Waals surface area contributed by atoms with Gasteiger partial charge in [-0.2, -0.15) is 0 Å². The summed E-state index contributed by atoms with van der Waals surface area (Å²) in [6.45, 7) is 3.66. The fourth-order valence-electron chi connectivity index (χ4n) is 1.51. The van der Waals surface area contributed by atoms with Crippen molar-refractivity contribution in [2.75, 3.05) is 7.11 Å². The molecule has 0 aliphatic rings. The molecule has 0 spiro atoms. The van der Waals surface area contributed by atoms with Crippen molar-refractivity contribution in [2.45, 2.75) is 25.4 Å². The molecular weight excluding hydrogens is 268 g/mol. The standard InChI is InChI=1S/C13H17BrO2/c1-3-4-5-6-12(15)10-7-8-13(16-2)11(14)9-10/h3,7-9,12,15H,1,4-6H2,2H3. The molecule has 3 heteroatoms. The maximum absolute atomic E-state index is 9.94. The molecule has 0 amide bonds. The highest BCUT2D eigenvalue weighted by Crippen LogP contribution is 2.29. The molecule has 1 atom stereocenters. The van der Waals surface area contributed by atoms with Crippen LogP contribution in [0.25, 0.3) is 0 Å². The molecule has 0 bridgehead atoms. The number of unbranched alkanes of at least 4 members (excludes halogenated alkanes) is 1. The van der Waals surface area contributed by atoms with Crippen molar-refractivity contribution >= 4 is 15.9 Å². The van der Waals surface area contributed by atoms with Crippen LogP contribution in [0.1, 0.15) is 30.9 Å². The number of ether oxygens (including phenoxy) is 1. The molecule has 0 aliphatic carbocycles. The Hall–Kier alpha value is -0.800. The number of hydrogen-bond acceptors (Lipinski definition) is 2. The Morgan fingerprint density at radius 2 is 2.31 bits per heavy atom. The zero-order valence-electron chi connectivity index (χ0n) is 9.45. The third kappa shape index (κ3) is 3.65. The molecule has 0 saturated heterocycles. The van der Waals surface area contributed by atoms with E-state index in [-0.39, 0.29) is 0 Å². The Morgan fingerprint density at radius 1 is 1.56 bits per heavy atom. The van der Waals surface area contributed by atoms with Gasteiger partial charge in [0, 0.05) is 0 Å². The van der Waals surface area contributed by atoms with E-state index >= 15 is 0 Å². The lowest BCUT2D eigenvalue weighted by molar-refractivity contribution is 0.165. The molecule has 1 unspecified atom stereocenters. The number of benzene rings is 1. The first-order chi connectivity index (χ1) is 7.69. The molecule has 0 fully saturated rings. The third-order valence-corrected chi connectivity index (χ3v) is 3.07. The Kier molecular flexibility index (Phi) is 5.56. The minimum Gasteiger partial charge on any atom is -0.496 e. The minimum atomic E-state index is -0.415. The van der Waals surface area contributed by atoms with E-state index in [2.05, 4.69) is 22.5 Å². The average molecular weight is 285 g/mol. The monoisotopic (exact) mass is 284 g/mol. The van der Waals surface area contributed by atoms with E-state index in [1.807, 2.05) is 24.3 Å². The number of aliphatic hydroxyl groups excluding tert-OH is 1. The van der Waals surface area contributed by atoms with Crippen LogP contribution >= 0.6 is 15.9 Å². The molecule has 1 aromatic rings. The van der Waals surface area contributed by atoms with Gasteiger partial charge >= 0.3 is 0 Å². The van der Waals surface area contributed by atoms with Crippen LogP contribution in [-0.4, -0.2) is 12.2 Å². The maximum atomic E-state index is 9.94. The number of methoxy groups -OCH3 is 1. The van der Waals surface area contributed by atoms with Gasteiger partial charge in [0.25, 0.3) is 0 Å². The highest BCUT2D eigenvalue weighted by Gasteiger charge is 2.09. The van der Waals surface area contributed by atoms with Crippen molar-refractivity contribution in [2.24, 2.45) is 0 Å². The molecular formula is C13H17BrO2. The van der Waals surface area contributed by atoms with E-state index in [9.17, 15) is 5.11 Å². The van der Waals surface area contributed by atoms with Gasteiger partial charge in [0.2, 0.25) is 0 Å². The SMILES string of the molecule is C=CCCCC(O)c1ccc(OC)c(Br)c1. The van der Waals surface area contributed by atoms with E-state index in [0.717, 1.165) is 35.0 Å². The van der Waals surface area contributed by atoms with Crippen molar-refractivity contribution in [1.29, 1.82) is 0 Å². The van der Waals surface area contributed by atoms with E-state index in [4.69, 9.17) is 4.74 Å². The van der Waals surface area contributed by atoms with E-state index in [1.54, 1.807) is 7.11 Å². The van der Waals surface area contributed by atoms with Crippen LogP contribution in [0.2, 0.25) is 0 Å². The molecule has 1 N–H and O–H groups in total. The molecule has 0 aromatic heterocycles. The fourth-order valence-corrected chi connectivity index (χ4v) is 2.07. The molecule has 0 aliphatic heterocycles. The van der Waals surface area contributed by atoms with Crippen LogP contribution in [0.3, 0.4) is 0 Å². The highest BCUT2D eigenvalue weighted by atomic mass is 79.9. The molecule has 1 rings (SSSR count). The second kappa shape index (κ2) is 6.71. The smallest absolute Gasteiger partial charge is 0.133 e. The van der Waals surface area contributed by atoms with Crippen LogP contribution in [0.4, 0.5) is 0 Å². The van der Waals surface area contributed by atoms with Crippen molar-refractivity contribution in [3.63, 3.8) is 0 Å². The van der Waals surface area contributed by atoms with Gasteiger partial charge in [-0.05, 0) is 52.9 Å². The first kappa shape index (κ1) is 13.3. The molecule has 0 heterocycles. The van der Waals surface area contributed by atoms with Crippen LogP contribution in [0.5, 0.6) is 5.75 Å². The maximum Gasteiger partial charge on any atom is 0.133 e. The van der Waals surface area contributed by atoms with Crippen molar-refractivity contribution in [3.8, 4) is 5.75 Å². The van der Waals surface area contributed by atoms with Crippen molar-refractivity contribution in [3.05, 3.63) is 40.9 Å². The summed E-state index contributed by atoms with van der Waals surface area (Å²) in [5.74, 6) is 0.780. The zero-order valence-corrected chi connectivity index (χ0v) is 11.0. The van der Waals surface area contributed by atoms with Gasteiger partial charge in [-0.25, -0.2) is 0 Å². The summed E-state index contributed by atoms with van der Waals surface area (Å²) in [7, 11) is 1.63. The second-order valence-electron chi connectivity index (χ2n) is 3.63. The Labute approximate surface area is 105 Å². The van der Waals surface area contributed by atoms with E-state index in [1.165, 1.54) is 0 Å². The Morgan fingerprint density at radius 3 is 2.88 bits per heavy atom. The van der Waals surface area contributed by atoms with Crippen LogP contribution < -0.4 is 4.74 Å². The third-order valence-electron chi connectivity index (χ3n) is 2.45. The zero-order chi connectivity index (χ0) is 12.0. The van der Waals surface area contributed by atoms with Crippen molar-refractivity contribution in [1.82, 2.24) is 0 Å². The topological polar surface area (TPSA) is 29.5 Å². The molecule has 0 radical (unpaired) electrons. The van der Waals surface area contributed by atoms with Gasteiger partial charge in [0.05, 0.1) is 17.7 Å². The van der Waals surface area contributed by atoms with Gasteiger partial charge in [0.1, 0.15) is 5.75 Å². The summed E-state index contributed by atoms with van der Waals surface area (Å²) in [5, 5.41) is 9.94. The van der Waals surface area contributed by atoms with Crippen LogP contribution in [0, 0.1) is 0 Å². The Balaban J connectivity index is 2.65. The summed E-state index contributed by atoms with van der Waals surface area (Å²) in [5.41, 5.74) is 0.914.